The van der Waals surface area contributed by atoms with E-state index >= 15 is 0 Å². The van der Waals surface area contributed by atoms with Gasteiger partial charge < -0.3 is 54.8 Å². The van der Waals surface area contributed by atoms with Crippen LogP contribution in [0.1, 0.15) is 112 Å². The number of anilines is 1. The fourth-order valence-corrected chi connectivity index (χ4v) is 7.26. The highest BCUT2D eigenvalue weighted by atomic mass is 16.6. The van der Waals surface area contributed by atoms with Crippen molar-refractivity contribution in [1.82, 2.24) is 5.32 Å². The molecule has 304 valence electrons. The second-order valence-electron chi connectivity index (χ2n) is 14.3. The number of ether oxygens (including phenoxy) is 4. The van der Waals surface area contributed by atoms with Crippen molar-refractivity contribution in [2.45, 2.75) is 90.6 Å². The molecule has 4 aromatic rings. The first-order chi connectivity index (χ1) is 27.8. The number of aryl methyl sites for hydroxylation is 1. The highest BCUT2D eigenvalue weighted by Gasteiger charge is 2.28. The molecular formula is C44H53N3O10. The molecule has 0 spiro atoms. The number of unbranched alkanes of at least 4 members (excludes halogenated alkanes) is 5. The summed E-state index contributed by atoms with van der Waals surface area (Å²) in [6.07, 6.45) is 5.49. The molecule has 1 amide bonds. The Labute approximate surface area is 333 Å². The van der Waals surface area contributed by atoms with Crippen LogP contribution in [-0.2, 0) is 31.3 Å². The molecule has 0 bridgehead atoms. The number of methoxy groups -OCH3 is 2. The minimum absolute atomic E-state index is 0.133. The van der Waals surface area contributed by atoms with Crippen LogP contribution in [0.4, 0.5) is 5.69 Å². The van der Waals surface area contributed by atoms with E-state index in [0.29, 0.717) is 76.2 Å². The third-order valence-electron chi connectivity index (χ3n) is 10.4. The second-order valence-corrected chi connectivity index (χ2v) is 14.3. The molecule has 0 aromatic heterocycles. The minimum atomic E-state index is -0.429. The average molecular weight is 784 g/mol. The van der Waals surface area contributed by atoms with E-state index in [1.807, 2.05) is 55.5 Å². The minimum Gasteiger partial charge on any atom is -0.493 e. The van der Waals surface area contributed by atoms with E-state index in [0.717, 1.165) is 66.5 Å². The molecular weight excluding hydrogens is 730 g/mol. The summed E-state index contributed by atoms with van der Waals surface area (Å²) >= 11 is 0. The predicted octanol–water partition coefficient (Wildman–Crippen LogP) is 6.50. The summed E-state index contributed by atoms with van der Waals surface area (Å²) in [5.74, 6) is 2.07. The Kier molecular flexibility index (Phi) is 14.3. The largest absolute Gasteiger partial charge is 0.493 e. The first kappa shape index (κ1) is 41.3. The van der Waals surface area contributed by atoms with E-state index in [2.05, 4.69) is 15.8 Å². The molecule has 0 fully saturated rings. The van der Waals surface area contributed by atoms with Gasteiger partial charge in [0.15, 0.2) is 17.6 Å². The average Bonchev–Trinajstić information content (AvgIpc) is 3.74. The van der Waals surface area contributed by atoms with Gasteiger partial charge in [0.25, 0.3) is 5.91 Å². The Morgan fingerprint density at radius 1 is 0.702 bits per heavy atom. The van der Waals surface area contributed by atoms with Gasteiger partial charge in [0, 0.05) is 23.2 Å². The van der Waals surface area contributed by atoms with E-state index < -0.39 is 12.3 Å². The van der Waals surface area contributed by atoms with Gasteiger partial charge in [-0.15, -0.1) is 0 Å². The Morgan fingerprint density at radius 2 is 1.33 bits per heavy atom. The van der Waals surface area contributed by atoms with E-state index in [4.69, 9.17) is 23.8 Å². The summed E-state index contributed by atoms with van der Waals surface area (Å²) in [5, 5.41) is 50.2. The number of benzene rings is 4. The smallest absolute Gasteiger partial charge is 0.255 e. The molecule has 2 heterocycles. The number of nitrogens with one attached hydrogen (secondary N) is 2. The normalized spacial score (nSPS) is 15.9. The summed E-state index contributed by atoms with van der Waals surface area (Å²) in [5.41, 5.74) is 7.73. The molecule has 13 nitrogen and oxygen atoms in total. The molecule has 0 saturated heterocycles. The summed E-state index contributed by atoms with van der Waals surface area (Å²) in [6, 6.07) is 18.6. The quantitative estimate of drug-likeness (QED) is 0.0539. The van der Waals surface area contributed by atoms with Gasteiger partial charge in [0.05, 0.1) is 65.1 Å². The number of aliphatic hydroxyl groups excluding tert-OH is 4. The van der Waals surface area contributed by atoms with Gasteiger partial charge in [0.1, 0.15) is 11.9 Å². The standard InChI is InChI=1S/C44H53N3O10/c1-27-10-12-36-34(16-27)44(52)46-43(45-36)28-11-13-38(33(17-28)25-50)55-14-8-6-4-5-7-9-15-56-42-40(53-2)20-29(21-41(42)54-3)37-22-39(57-47-37)30-18-31(23-48)35(26-51)32(19-30)24-49/h10-13,16-21,39,43,45,48-51H,4-9,14-15,22-26H2,1-3H3,(H,46,52). The first-order valence-electron chi connectivity index (χ1n) is 19.4. The highest BCUT2D eigenvalue weighted by Crippen LogP contribution is 2.41. The van der Waals surface area contributed by atoms with Gasteiger partial charge in [-0.25, -0.2) is 0 Å². The lowest BCUT2D eigenvalue weighted by Crippen LogP contribution is -2.38. The Bertz CT molecular complexity index is 2000. The molecule has 2 aliphatic rings. The van der Waals surface area contributed by atoms with Gasteiger partial charge in [-0.1, -0.05) is 48.5 Å². The second kappa shape index (κ2) is 19.7. The van der Waals surface area contributed by atoms with Crippen LogP contribution in [-0.4, -0.2) is 59.5 Å². The number of hydrogen-bond donors (Lipinski definition) is 6. The zero-order valence-electron chi connectivity index (χ0n) is 32.8. The number of carbonyl (C=O) groups is 1. The van der Waals surface area contributed by atoms with Gasteiger partial charge in [-0.3, -0.25) is 4.79 Å². The van der Waals surface area contributed by atoms with Crippen LogP contribution in [0.15, 0.2) is 65.8 Å². The molecule has 0 radical (unpaired) electrons. The fourth-order valence-electron chi connectivity index (χ4n) is 7.26. The van der Waals surface area contributed by atoms with Gasteiger partial charge in [0.2, 0.25) is 5.75 Å². The van der Waals surface area contributed by atoms with Crippen molar-refractivity contribution in [2.75, 3.05) is 32.8 Å². The molecule has 13 heteroatoms. The number of carbonyl (C=O) groups excluding carboxylic acids is 1. The van der Waals surface area contributed by atoms with Crippen molar-refractivity contribution in [3.8, 4) is 23.0 Å². The predicted molar refractivity (Wildman–Crippen MR) is 215 cm³/mol. The van der Waals surface area contributed by atoms with E-state index in [1.165, 1.54) is 0 Å². The lowest BCUT2D eigenvalue weighted by atomic mass is 9.93. The number of oxime groups is 1. The number of fused-ring (bicyclic) bond motifs is 1. The van der Waals surface area contributed by atoms with Crippen LogP contribution >= 0.6 is 0 Å². The molecule has 2 aliphatic heterocycles. The van der Waals surface area contributed by atoms with Crippen molar-refractivity contribution >= 4 is 17.3 Å². The summed E-state index contributed by atoms with van der Waals surface area (Å²) in [4.78, 5) is 18.5. The van der Waals surface area contributed by atoms with Crippen molar-refractivity contribution in [3.63, 3.8) is 0 Å². The van der Waals surface area contributed by atoms with E-state index in [-0.39, 0.29) is 32.3 Å². The Hall–Kier alpha value is -5.34. The van der Waals surface area contributed by atoms with Crippen LogP contribution in [0.25, 0.3) is 0 Å². The topological polar surface area (TPSA) is 181 Å². The van der Waals surface area contributed by atoms with Gasteiger partial charge in [-0.2, -0.15) is 0 Å². The number of rotatable bonds is 20. The molecule has 6 N–H and O–H groups in total. The third kappa shape index (κ3) is 9.80. The number of nitrogens with zero attached hydrogens (tertiary/aromatic N) is 1. The highest BCUT2D eigenvalue weighted by molar-refractivity contribution is 6.03. The Balaban J connectivity index is 0.919. The van der Waals surface area contributed by atoms with Crippen LogP contribution < -0.4 is 29.6 Å². The molecule has 0 aliphatic carbocycles. The van der Waals surface area contributed by atoms with E-state index in [9.17, 15) is 25.2 Å². The maximum absolute atomic E-state index is 12.7. The van der Waals surface area contributed by atoms with Crippen LogP contribution in [0.2, 0.25) is 0 Å². The lowest BCUT2D eigenvalue weighted by Gasteiger charge is -2.29. The molecule has 4 aromatic carbocycles. The SMILES string of the molecule is COc1cc(C2=NOC(c3cc(CO)c(CO)c(CO)c3)C2)cc(OC)c1OCCCCCCCCOc1ccc(C2NC(=O)c3cc(C)ccc3N2)cc1CO. The van der Waals surface area contributed by atoms with Gasteiger partial charge >= 0.3 is 0 Å². The molecule has 6 rings (SSSR count). The van der Waals surface area contributed by atoms with Crippen LogP contribution in [0, 0.1) is 6.92 Å². The molecule has 0 saturated carbocycles. The first-order valence-corrected chi connectivity index (χ1v) is 19.4. The summed E-state index contributed by atoms with van der Waals surface area (Å²) < 4.78 is 23.6. The lowest BCUT2D eigenvalue weighted by molar-refractivity contribution is 0.0853. The zero-order chi connectivity index (χ0) is 40.3. The van der Waals surface area contributed by atoms with E-state index in [1.54, 1.807) is 26.4 Å². The molecule has 2 unspecified atom stereocenters. The number of amides is 1. The van der Waals surface area contributed by atoms with Crippen molar-refractivity contribution in [1.29, 1.82) is 0 Å². The van der Waals surface area contributed by atoms with Crippen molar-refractivity contribution in [3.05, 3.63) is 111 Å². The molecule has 57 heavy (non-hydrogen) atoms. The monoisotopic (exact) mass is 783 g/mol. The zero-order valence-corrected chi connectivity index (χ0v) is 32.8. The maximum atomic E-state index is 12.7. The number of hydrogen-bond acceptors (Lipinski definition) is 12. The Morgan fingerprint density at radius 3 is 1.96 bits per heavy atom. The van der Waals surface area contributed by atoms with Crippen LogP contribution in [0.5, 0.6) is 23.0 Å². The van der Waals surface area contributed by atoms with Crippen LogP contribution in [0.3, 0.4) is 0 Å². The maximum Gasteiger partial charge on any atom is 0.255 e. The number of aliphatic hydroxyl groups is 4. The summed E-state index contributed by atoms with van der Waals surface area (Å²) in [7, 11) is 3.16. The third-order valence-corrected chi connectivity index (χ3v) is 10.4. The van der Waals surface area contributed by atoms with Crippen molar-refractivity contribution in [2.24, 2.45) is 5.16 Å². The fraction of sp³-hybridized carbons (Fsp3) is 0.409. The summed E-state index contributed by atoms with van der Waals surface area (Å²) in [6.45, 7) is 2.01. The van der Waals surface area contributed by atoms with Gasteiger partial charge in [-0.05, 0) is 96.1 Å². The molecule has 2 atom stereocenters. The van der Waals surface area contributed by atoms with Crippen molar-refractivity contribution < 1.29 is 49.0 Å².